The molecule has 4 rings (SSSR count). The largest absolute Gasteiger partial charge is 0.338 e. The number of nitrogens with one attached hydrogen (secondary N) is 4. The second kappa shape index (κ2) is 10.1. The Labute approximate surface area is 202 Å². The highest BCUT2D eigenvalue weighted by Gasteiger charge is 2.18. The van der Waals surface area contributed by atoms with E-state index in [1.54, 1.807) is 66.6 Å². The Morgan fingerprint density at radius 2 is 1.77 bits per heavy atom. The molecule has 35 heavy (non-hydrogen) atoms. The number of nitrogens with zero attached hydrogens (tertiary/aromatic N) is 4. The van der Waals surface area contributed by atoms with Gasteiger partial charge in [0, 0.05) is 24.6 Å². The molecule has 1 amide bonds. The molecule has 0 aliphatic rings. The van der Waals surface area contributed by atoms with E-state index in [4.69, 9.17) is 0 Å². The van der Waals surface area contributed by atoms with E-state index < -0.39 is 10.0 Å². The second-order valence-corrected chi connectivity index (χ2v) is 8.98. The highest BCUT2D eigenvalue weighted by atomic mass is 32.2. The Balaban J connectivity index is 1.67. The van der Waals surface area contributed by atoms with Crippen LogP contribution in [0, 0.1) is 0 Å². The van der Waals surface area contributed by atoms with Gasteiger partial charge in [-0.25, -0.2) is 13.4 Å². The fourth-order valence-corrected chi connectivity index (χ4v) is 4.11. The van der Waals surface area contributed by atoms with Gasteiger partial charge in [-0.15, -0.1) is 0 Å². The molecule has 0 bridgehead atoms. The lowest BCUT2D eigenvalue weighted by Crippen LogP contribution is -2.15. The van der Waals surface area contributed by atoms with Crippen LogP contribution in [-0.4, -0.2) is 34.1 Å². The van der Waals surface area contributed by atoms with Gasteiger partial charge in [-0.2, -0.15) is 10.1 Å². The molecule has 0 radical (unpaired) electrons. The van der Waals surface area contributed by atoms with Gasteiger partial charge in [-0.3, -0.25) is 14.2 Å². The SMILES string of the molecule is C=CC(=O)Nc1cccc(Nc2nc(Nc3cnn(C)c3)ncc2NS(=O)(=O)c2ccccc2)c1. The van der Waals surface area contributed by atoms with Crippen molar-refractivity contribution in [1.29, 1.82) is 0 Å². The maximum absolute atomic E-state index is 12.9. The van der Waals surface area contributed by atoms with Gasteiger partial charge in [0.25, 0.3) is 10.0 Å². The van der Waals surface area contributed by atoms with E-state index in [0.717, 1.165) is 6.08 Å². The number of carbonyl (C=O) groups excluding carboxylic acids is 1. The van der Waals surface area contributed by atoms with E-state index >= 15 is 0 Å². The third-order valence-electron chi connectivity index (χ3n) is 4.63. The number of carbonyl (C=O) groups is 1. The average molecular weight is 491 g/mol. The van der Waals surface area contributed by atoms with Crippen molar-refractivity contribution in [2.45, 2.75) is 4.90 Å². The van der Waals surface area contributed by atoms with Crippen LogP contribution in [0.3, 0.4) is 0 Å². The van der Waals surface area contributed by atoms with Gasteiger partial charge in [-0.05, 0) is 36.4 Å². The van der Waals surface area contributed by atoms with Crippen LogP contribution in [0.5, 0.6) is 0 Å². The third kappa shape index (κ3) is 6.00. The van der Waals surface area contributed by atoms with E-state index in [0.29, 0.717) is 17.1 Å². The van der Waals surface area contributed by atoms with Crippen molar-refractivity contribution >= 4 is 50.4 Å². The van der Waals surface area contributed by atoms with Crippen molar-refractivity contribution in [3.05, 3.63) is 85.8 Å². The number of rotatable bonds is 9. The molecule has 4 aromatic rings. The maximum atomic E-state index is 12.9. The molecular formula is C23H22N8O3S. The topological polar surface area (TPSA) is 143 Å². The quantitative estimate of drug-likeness (QED) is 0.261. The molecular weight excluding hydrogens is 468 g/mol. The predicted molar refractivity (Wildman–Crippen MR) is 134 cm³/mol. The summed E-state index contributed by atoms with van der Waals surface area (Å²) in [5, 5.41) is 12.9. The van der Waals surface area contributed by atoms with E-state index in [9.17, 15) is 13.2 Å². The molecule has 11 nitrogen and oxygen atoms in total. The van der Waals surface area contributed by atoms with E-state index in [2.05, 4.69) is 42.3 Å². The summed E-state index contributed by atoms with van der Waals surface area (Å²) in [6.07, 6.45) is 5.87. The first-order valence-electron chi connectivity index (χ1n) is 10.3. The zero-order valence-electron chi connectivity index (χ0n) is 18.6. The number of amides is 1. The summed E-state index contributed by atoms with van der Waals surface area (Å²) < 4.78 is 30.0. The minimum atomic E-state index is -3.90. The summed E-state index contributed by atoms with van der Waals surface area (Å²) in [6, 6.07) is 14.8. The van der Waals surface area contributed by atoms with Crippen LogP contribution in [0.2, 0.25) is 0 Å². The van der Waals surface area contributed by atoms with Crippen molar-refractivity contribution in [2.75, 3.05) is 20.7 Å². The number of aromatic nitrogens is 4. The summed E-state index contributed by atoms with van der Waals surface area (Å²) in [7, 11) is -2.12. The van der Waals surface area contributed by atoms with Crippen molar-refractivity contribution < 1.29 is 13.2 Å². The van der Waals surface area contributed by atoms with Gasteiger partial charge in [0.1, 0.15) is 5.69 Å². The van der Waals surface area contributed by atoms with Crippen LogP contribution in [0.25, 0.3) is 0 Å². The molecule has 0 aliphatic heterocycles. The van der Waals surface area contributed by atoms with Crippen LogP contribution in [0.15, 0.2) is 90.7 Å². The maximum Gasteiger partial charge on any atom is 0.262 e. The number of aryl methyl sites for hydroxylation is 1. The monoisotopic (exact) mass is 490 g/mol. The van der Waals surface area contributed by atoms with Crippen LogP contribution < -0.4 is 20.7 Å². The zero-order valence-corrected chi connectivity index (χ0v) is 19.5. The summed E-state index contributed by atoms with van der Waals surface area (Å²) in [6.45, 7) is 3.44. The molecule has 0 fully saturated rings. The molecule has 0 atom stereocenters. The van der Waals surface area contributed by atoms with Gasteiger partial charge in [-0.1, -0.05) is 30.8 Å². The minimum Gasteiger partial charge on any atom is -0.338 e. The molecule has 0 saturated heterocycles. The Bertz CT molecular complexity index is 1470. The molecule has 2 aromatic carbocycles. The fraction of sp³-hybridized carbons (Fsp3) is 0.0435. The summed E-state index contributed by atoms with van der Waals surface area (Å²) in [5.41, 5.74) is 1.86. The van der Waals surface area contributed by atoms with Gasteiger partial charge >= 0.3 is 0 Å². The molecule has 0 unspecified atom stereocenters. The first-order valence-corrected chi connectivity index (χ1v) is 11.8. The molecule has 2 heterocycles. The molecule has 2 aromatic heterocycles. The summed E-state index contributed by atoms with van der Waals surface area (Å²) >= 11 is 0. The van der Waals surface area contributed by atoms with Crippen molar-refractivity contribution in [1.82, 2.24) is 19.7 Å². The van der Waals surface area contributed by atoms with Crippen molar-refractivity contribution in [3.63, 3.8) is 0 Å². The summed E-state index contributed by atoms with van der Waals surface area (Å²) in [4.78, 5) is 20.4. The Hall–Kier alpha value is -4.71. The highest BCUT2D eigenvalue weighted by Crippen LogP contribution is 2.28. The van der Waals surface area contributed by atoms with Gasteiger partial charge in [0.05, 0.1) is 23.0 Å². The molecule has 0 aliphatic carbocycles. The standard InChI is InChI=1S/C23H22N8O3S/c1-3-21(32)26-16-8-7-9-17(12-16)27-22-20(30-35(33,34)19-10-5-4-6-11-19)14-24-23(29-22)28-18-13-25-31(2)15-18/h3-15,30H,1H2,2H3,(H,26,32)(H2,24,27,28,29). The Morgan fingerprint density at radius 3 is 2.49 bits per heavy atom. The summed E-state index contributed by atoms with van der Waals surface area (Å²) in [5.74, 6) is 0.0563. The van der Waals surface area contributed by atoms with Crippen LogP contribution in [0.1, 0.15) is 0 Å². The van der Waals surface area contributed by atoms with Crippen molar-refractivity contribution in [2.24, 2.45) is 7.05 Å². The second-order valence-electron chi connectivity index (χ2n) is 7.30. The van der Waals surface area contributed by atoms with E-state index in [1.807, 2.05) is 0 Å². The fourth-order valence-electron chi connectivity index (χ4n) is 3.03. The molecule has 178 valence electrons. The molecule has 0 spiro atoms. The van der Waals surface area contributed by atoms with Crippen LogP contribution in [-0.2, 0) is 21.9 Å². The van der Waals surface area contributed by atoms with Crippen LogP contribution in [0.4, 0.5) is 34.5 Å². The first kappa shape index (κ1) is 23.4. The molecule has 12 heteroatoms. The van der Waals surface area contributed by atoms with E-state index in [-0.39, 0.29) is 28.3 Å². The van der Waals surface area contributed by atoms with Gasteiger partial charge < -0.3 is 16.0 Å². The number of anilines is 6. The number of hydrogen-bond acceptors (Lipinski definition) is 8. The molecule has 4 N–H and O–H groups in total. The molecule has 0 saturated carbocycles. The Kier molecular flexibility index (Phi) is 6.73. The zero-order chi connectivity index (χ0) is 24.8. The highest BCUT2D eigenvalue weighted by molar-refractivity contribution is 7.92. The van der Waals surface area contributed by atoms with Crippen molar-refractivity contribution in [3.8, 4) is 0 Å². The van der Waals surface area contributed by atoms with Crippen LogP contribution >= 0.6 is 0 Å². The lowest BCUT2D eigenvalue weighted by molar-refractivity contribution is -0.111. The lowest BCUT2D eigenvalue weighted by atomic mass is 10.2. The normalized spacial score (nSPS) is 10.9. The van der Waals surface area contributed by atoms with Gasteiger partial charge in [0.2, 0.25) is 11.9 Å². The average Bonchev–Trinajstić information content (AvgIpc) is 3.25. The number of benzene rings is 2. The third-order valence-corrected chi connectivity index (χ3v) is 6.01. The number of sulfonamides is 1. The smallest absolute Gasteiger partial charge is 0.262 e. The minimum absolute atomic E-state index is 0.0950. The Morgan fingerprint density at radius 1 is 1.00 bits per heavy atom. The lowest BCUT2D eigenvalue weighted by Gasteiger charge is -2.15. The van der Waals surface area contributed by atoms with Gasteiger partial charge in [0.15, 0.2) is 5.82 Å². The number of hydrogen-bond donors (Lipinski definition) is 4. The predicted octanol–water partition coefficient (Wildman–Crippen LogP) is 3.62. The van der Waals surface area contributed by atoms with E-state index in [1.165, 1.54) is 18.3 Å². The first-order chi connectivity index (χ1) is 16.8.